The highest BCUT2D eigenvalue weighted by molar-refractivity contribution is 7.17. The smallest absolute Gasteiger partial charge is 0.163 e. The summed E-state index contributed by atoms with van der Waals surface area (Å²) < 4.78 is 14.5. The van der Waals surface area contributed by atoms with Crippen LogP contribution in [-0.2, 0) is 0 Å². The summed E-state index contributed by atoms with van der Waals surface area (Å²) in [5, 5.41) is 3.66. The molecule has 0 bridgehead atoms. The van der Waals surface area contributed by atoms with Crippen molar-refractivity contribution in [1.29, 1.82) is 0 Å². The number of benzene rings is 2. The molecule has 0 aliphatic carbocycles. The number of nitrogens with two attached hydrogens (primary N) is 1. The molecule has 3 nitrogen and oxygen atoms in total. The minimum absolute atomic E-state index is 0.296. The lowest BCUT2D eigenvalue weighted by molar-refractivity contribution is 0.629. The Morgan fingerprint density at radius 1 is 1.00 bits per heavy atom. The van der Waals surface area contributed by atoms with Crippen molar-refractivity contribution in [2.24, 2.45) is 0 Å². The quantitative estimate of drug-likeness (QED) is 0.571. The monoisotopic (exact) mass is 295 g/mol. The van der Waals surface area contributed by atoms with Crippen molar-refractivity contribution in [2.75, 3.05) is 5.73 Å². The van der Waals surface area contributed by atoms with Gasteiger partial charge in [0, 0.05) is 26.4 Å². The first-order valence-corrected chi connectivity index (χ1v) is 7.30. The van der Waals surface area contributed by atoms with Gasteiger partial charge in [-0.25, -0.2) is 14.4 Å². The van der Waals surface area contributed by atoms with E-state index in [1.807, 2.05) is 23.6 Å². The second-order valence-electron chi connectivity index (χ2n) is 4.74. The third-order valence-corrected chi connectivity index (χ3v) is 4.37. The molecule has 2 aromatic carbocycles. The topological polar surface area (TPSA) is 51.8 Å². The molecule has 2 N–H and O–H groups in total. The molecule has 4 aromatic rings. The molecule has 0 amide bonds. The Balaban J connectivity index is 2.00. The number of thiophene rings is 1. The van der Waals surface area contributed by atoms with Crippen molar-refractivity contribution in [3.8, 4) is 11.4 Å². The highest BCUT2D eigenvalue weighted by Gasteiger charge is 2.12. The number of rotatable bonds is 1. The van der Waals surface area contributed by atoms with Crippen LogP contribution in [0.4, 0.5) is 10.2 Å². The zero-order valence-electron chi connectivity index (χ0n) is 10.9. The summed E-state index contributed by atoms with van der Waals surface area (Å²) in [7, 11) is 0. The largest absolute Gasteiger partial charge is 0.383 e. The molecule has 0 aliphatic rings. The van der Waals surface area contributed by atoms with E-state index in [9.17, 15) is 4.39 Å². The SMILES string of the molecule is Nc1nc(-c2csc3ccccc23)nc2ccc(F)cc12. The minimum atomic E-state index is -0.341. The van der Waals surface area contributed by atoms with Crippen LogP contribution in [-0.4, -0.2) is 9.97 Å². The van der Waals surface area contributed by atoms with Crippen LogP contribution < -0.4 is 5.73 Å². The van der Waals surface area contributed by atoms with Gasteiger partial charge >= 0.3 is 0 Å². The lowest BCUT2D eigenvalue weighted by Gasteiger charge is -2.05. The first-order chi connectivity index (χ1) is 10.2. The van der Waals surface area contributed by atoms with Gasteiger partial charge in [-0.1, -0.05) is 18.2 Å². The number of hydrogen-bond acceptors (Lipinski definition) is 4. The van der Waals surface area contributed by atoms with Gasteiger partial charge in [0.1, 0.15) is 11.6 Å². The Bertz CT molecular complexity index is 978. The Morgan fingerprint density at radius 3 is 2.76 bits per heavy atom. The fraction of sp³-hybridized carbons (Fsp3) is 0. The molecule has 0 saturated carbocycles. The molecule has 0 atom stereocenters. The maximum Gasteiger partial charge on any atom is 0.163 e. The molecular weight excluding hydrogens is 285 g/mol. The lowest BCUT2D eigenvalue weighted by atomic mass is 10.1. The van der Waals surface area contributed by atoms with E-state index in [0.29, 0.717) is 22.5 Å². The molecule has 2 heterocycles. The first kappa shape index (κ1) is 12.2. The van der Waals surface area contributed by atoms with Gasteiger partial charge in [0.25, 0.3) is 0 Å². The van der Waals surface area contributed by atoms with Gasteiger partial charge in [0.15, 0.2) is 5.82 Å². The van der Waals surface area contributed by atoms with Gasteiger partial charge < -0.3 is 5.73 Å². The molecule has 0 radical (unpaired) electrons. The van der Waals surface area contributed by atoms with Crippen molar-refractivity contribution in [1.82, 2.24) is 9.97 Å². The van der Waals surface area contributed by atoms with E-state index in [4.69, 9.17) is 5.73 Å². The predicted molar refractivity (Wildman–Crippen MR) is 84.7 cm³/mol. The van der Waals surface area contributed by atoms with E-state index in [1.54, 1.807) is 17.4 Å². The van der Waals surface area contributed by atoms with Crippen molar-refractivity contribution in [3.63, 3.8) is 0 Å². The summed E-state index contributed by atoms with van der Waals surface area (Å²) in [4.78, 5) is 8.86. The van der Waals surface area contributed by atoms with E-state index in [1.165, 1.54) is 16.8 Å². The van der Waals surface area contributed by atoms with Crippen molar-refractivity contribution < 1.29 is 4.39 Å². The number of halogens is 1. The summed E-state index contributed by atoms with van der Waals surface area (Å²) in [5.74, 6) is 0.528. The van der Waals surface area contributed by atoms with Gasteiger partial charge in [-0.15, -0.1) is 11.3 Å². The summed E-state index contributed by atoms with van der Waals surface area (Å²) in [6, 6.07) is 12.4. The average molecular weight is 295 g/mol. The van der Waals surface area contributed by atoms with Gasteiger partial charge in [0.2, 0.25) is 0 Å². The first-order valence-electron chi connectivity index (χ1n) is 6.42. The summed E-state index contributed by atoms with van der Waals surface area (Å²) >= 11 is 1.64. The molecule has 0 unspecified atom stereocenters. The number of aromatic nitrogens is 2. The van der Waals surface area contributed by atoms with Crippen LogP contribution in [0.25, 0.3) is 32.4 Å². The van der Waals surface area contributed by atoms with Gasteiger partial charge in [-0.3, -0.25) is 0 Å². The van der Waals surface area contributed by atoms with E-state index in [-0.39, 0.29) is 5.82 Å². The molecule has 4 rings (SSSR count). The van der Waals surface area contributed by atoms with Crippen molar-refractivity contribution >= 4 is 38.1 Å². The second-order valence-corrected chi connectivity index (χ2v) is 5.65. The molecule has 5 heteroatoms. The van der Waals surface area contributed by atoms with E-state index in [0.717, 1.165) is 10.9 Å². The molecule has 102 valence electrons. The van der Waals surface area contributed by atoms with E-state index < -0.39 is 0 Å². The number of anilines is 1. The van der Waals surface area contributed by atoms with Gasteiger partial charge in [-0.05, 0) is 24.3 Å². The van der Waals surface area contributed by atoms with Crippen molar-refractivity contribution in [3.05, 3.63) is 53.7 Å². The molecule has 2 aromatic heterocycles. The summed E-state index contributed by atoms with van der Waals surface area (Å²) in [6.45, 7) is 0. The maximum atomic E-state index is 13.3. The normalized spacial score (nSPS) is 11.3. The van der Waals surface area contributed by atoms with Crippen LogP contribution >= 0.6 is 11.3 Å². The fourth-order valence-electron chi connectivity index (χ4n) is 2.40. The van der Waals surface area contributed by atoms with Crippen LogP contribution in [0.2, 0.25) is 0 Å². The Kier molecular flexibility index (Phi) is 2.62. The van der Waals surface area contributed by atoms with Gasteiger partial charge in [-0.2, -0.15) is 0 Å². The lowest BCUT2D eigenvalue weighted by Crippen LogP contribution is -1.97. The average Bonchev–Trinajstić information content (AvgIpc) is 2.92. The van der Waals surface area contributed by atoms with Crippen LogP contribution in [0.5, 0.6) is 0 Å². The van der Waals surface area contributed by atoms with Crippen LogP contribution in [0.15, 0.2) is 47.8 Å². The maximum absolute atomic E-state index is 13.3. The Hall–Kier alpha value is -2.53. The molecule has 0 fully saturated rings. The molecular formula is C16H10FN3S. The Labute approximate surface area is 123 Å². The van der Waals surface area contributed by atoms with Crippen LogP contribution in [0, 0.1) is 5.82 Å². The number of hydrogen-bond donors (Lipinski definition) is 1. The van der Waals surface area contributed by atoms with E-state index >= 15 is 0 Å². The van der Waals surface area contributed by atoms with E-state index in [2.05, 4.69) is 16.0 Å². The number of fused-ring (bicyclic) bond motifs is 2. The molecule has 0 aliphatic heterocycles. The Morgan fingerprint density at radius 2 is 1.86 bits per heavy atom. The molecule has 21 heavy (non-hydrogen) atoms. The zero-order valence-corrected chi connectivity index (χ0v) is 11.7. The predicted octanol–water partition coefficient (Wildman–Crippen LogP) is 4.23. The summed E-state index contributed by atoms with van der Waals surface area (Å²) in [6.07, 6.45) is 0. The standard InChI is InChI=1S/C16H10FN3S/c17-9-5-6-13-11(7-9)15(18)20-16(19-13)12-8-21-14-4-2-1-3-10(12)14/h1-8H,(H2,18,19,20). The van der Waals surface area contributed by atoms with Gasteiger partial charge in [0.05, 0.1) is 5.52 Å². The third kappa shape index (κ3) is 1.94. The minimum Gasteiger partial charge on any atom is -0.383 e. The molecule has 0 spiro atoms. The van der Waals surface area contributed by atoms with Crippen molar-refractivity contribution in [2.45, 2.75) is 0 Å². The van der Waals surface area contributed by atoms with Crippen LogP contribution in [0.3, 0.4) is 0 Å². The zero-order chi connectivity index (χ0) is 14.4. The highest BCUT2D eigenvalue weighted by Crippen LogP contribution is 2.33. The number of nitrogens with zero attached hydrogens (tertiary/aromatic N) is 2. The third-order valence-electron chi connectivity index (χ3n) is 3.41. The summed E-state index contributed by atoms with van der Waals surface area (Å²) in [5.41, 5.74) is 7.56. The van der Waals surface area contributed by atoms with Crippen LogP contribution in [0.1, 0.15) is 0 Å². The highest BCUT2D eigenvalue weighted by atomic mass is 32.1. The number of nitrogen functional groups attached to an aromatic ring is 1. The fourth-order valence-corrected chi connectivity index (χ4v) is 3.34. The second kappa shape index (κ2) is 4.49. The molecule has 0 saturated heterocycles.